The van der Waals surface area contributed by atoms with Gasteiger partial charge in [0.05, 0.1) is 4.92 Å². The van der Waals surface area contributed by atoms with Crippen molar-refractivity contribution >= 4 is 17.3 Å². The maximum absolute atomic E-state index is 11.0. The van der Waals surface area contributed by atoms with Crippen molar-refractivity contribution in [3.8, 4) is 0 Å². The largest absolute Gasteiger partial charge is 0.272 e. The first-order valence-corrected chi connectivity index (χ1v) is 7.39. The van der Waals surface area contributed by atoms with Crippen LogP contribution in [0.15, 0.2) is 24.3 Å². The zero-order chi connectivity index (χ0) is 13.9. The molecule has 1 atom stereocenters. The van der Waals surface area contributed by atoms with Crippen molar-refractivity contribution in [2.24, 2.45) is 5.41 Å². The number of nitro benzene ring substituents is 1. The predicted molar refractivity (Wildman–Crippen MR) is 77.6 cm³/mol. The molecule has 19 heavy (non-hydrogen) atoms. The Kier molecular flexibility index (Phi) is 4.46. The van der Waals surface area contributed by atoms with E-state index in [9.17, 15) is 10.1 Å². The van der Waals surface area contributed by atoms with Gasteiger partial charge >= 0.3 is 0 Å². The lowest BCUT2D eigenvalue weighted by Crippen LogP contribution is -2.29. The number of benzene rings is 1. The molecule has 1 aliphatic carbocycles. The van der Waals surface area contributed by atoms with Crippen LogP contribution < -0.4 is 0 Å². The molecule has 0 amide bonds. The summed E-state index contributed by atoms with van der Waals surface area (Å²) in [7, 11) is 0. The molecule has 0 radical (unpaired) electrons. The molecule has 0 aromatic heterocycles. The number of hydrogen-bond acceptors (Lipinski definition) is 2. The summed E-state index contributed by atoms with van der Waals surface area (Å²) >= 11 is 6.63. The lowest BCUT2D eigenvalue weighted by molar-refractivity contribution is -0.385. The fraction of sp³-hybridized carbons (Fsp3) is 0.600. The molecule has 1 unspecified atom stereocenters. The average molecular weight is 282 g/mol. The van der Waals surface area contributed by atoms with Crippen LogP contribution in [0.1, 0.15) is 44.6 Å². The summed E-state index contributed by atoms with van der Waals surface area (Å²) < 4.78 is 0. The summed E-state index contributed by atoms with van der Waals surface area (Å²) in [5.74, 6) is 0. The minimum absolute atomic E-state index is 0.0129. The van der Waals surface area contributed by atoms with Gasteiger partial charge in [-0.25, -0.2) is 0 Å². The Labute approximate surface area is 119 Å². The van der Waals surface area contributed by atoms with E-state index < -0.39 is 0 Å². The molecule has 2 rings (SSSR count). The van der Waals surface area contributed by atoms with Gasteiger partial charge in [0, 0.05) is 17.0 Å². The predicted octanol–water partition coefficient (Wildman–Crippen LogP) is 4.72. The number of nitrogens with zero attached hydrogens (tertiary/aromatic N) is 1. The van der Waals surface area contributed by atoms with Gasteiger partial charge in [-0.3, -0.25) is 10.1 Å². The molecule has 3 nitrogen and oxygen atoms in total. The summed E-state index contributed by atoms with van der Waals surface area (Å²) in [6.45, 7) is 2.18. The molecule has 4 heteroatoms. The van der Waals surface area contributed by atoms with E-state index in [1.807, 2.05) is 12.1 Å². The summed E-state index contributed by atoms with van der Waals surface area (Å²) in [6, 6.07) is 6.94. The zero-order valence-electron chi connectivity index (χ0n) is 11.3. The lowest BCUT2D eigenvalue weighted by atomic mass is 9.77. The molecule has 0 spiro atoms. The first-order valence-electron chi connectivity index (χ1n) is 6.95. The molecular formula is C15H20ClNO2. The van der Waals surface area contributed by atoms with Crippen molar-refractivity contribution in [1.29, 1.82) is 0 Å². The monoisotopic (exact) mass is 281 g/mol. The van der Waals surface area contributed by atoms with Crippen molar-refractivity contribution < 1.29 is 4.92 Å². The molecule has 1 fully saturated rings. The molecular weight excluding hydrogens is 262 g/mol. The second-order valence-corrected chi connectivity index (χ2v) is 6.01. The summed E-state index contributed by atoms with van der Waals surface area (Å²) in [4.78, 5) is 10.7. The minimum Gasteiger partial charge on any atom is -0.258 e. The number of alkyl halides is 1. The Bertz CT molecular complexity index is 455. The Balaban J connectivity index is 2.19. The topological polar surface area (TPSA) is 43.1 Å². The van der Waals surface area contributed by atoms with Gasteiger partial charge in [-0.05, 0) is 31.1 Å². The van der Waals surface area contributed by atoms with E-state index in [-0.39, 0.29) is 21.4 Å². The van der Waals surface area contributed by atoms with Crippen LogP contribution in [-0.4, -0.2) is 10.3 Å². The van der Waals surface area contributed by atoms with E-state index >= 15 is 0 Å². The van der Waals surface area contributed by atoms with Crippen molar-refractivity contribution in [2.75, 3.05) is 0 Å². The smallest absolute Gasteiger partial charge is 0.258 e. The van der Waals surface area contributed by atoms with Gasteiger partial charge in [0.15, 0.2) is 0 Å². The number of halogens is 1. The third-order valence-electron chi connectivity index (χ3n) is 4.56. The van der Waals surface area contributed by atoms with Crippen LogP contribution in [0.4, 0.5) is 5.69 Å². The molecule has 0 heterocycles. The first kappa shape index (κ1) is 14.3. The number of nitro groups is 1. The van der Waals surface area contributed by atoms with Gasteiger partial charge in [0.1, 0.15) is 0 Å². The number of para-hydroxylation sites is 1. The molecule has 1 aromatic rings. The highest BCUT2D eigenvalue weighted by Crippen LogP contribution is 2.47. The first-order chi connectivity index (χ1) is 9.09. The van der Waals surface area contributed by atoms with Gasteiger partial charge < -0.3 is 0 Å². The highest BCUT2D eigenvalue weighted by atomic mass is 35.5. The second kappa shape index (κ2) is 5.91. The van der Waals surface area contributed by atoms with Crippen molar-refractivity contribution in [2.45, 2.75) is 50.8 Å². The van der Waals surface area contributed by atoms with Crippen LogP contribution >= 0.6 is 11.6 Å². The van der Waals surface area contributed by atoms with Gasteiger partial charge in [-0.2, -0.15) is 0 Å². The van der Waals surface area contributed by atoms with Gasteiger partial charge in [-0.15, -0.1) is 11.6 Å². The average Bonchev–Trinajstić information content (AvgIpc) is 2.89. The summed E-state index contributed by atoms with van der Waals surface area (Å²) in [6.07, 6.45) is 6.41. The van der Waals surface area contributed by atoms with Crippen LogP contribution in [0.25, 0.3) is 0 Å². The number of hydrogen-bond donors (Lipinski definition) is 0. The maximum Gasteiger partial charge on any atom is 0.272 e. The molecule has 1 aromatic carbocycles. The third-order valence-corrected chi connectivity index (χ3v) is 5.17. The van der Waals surface area contributed by atoms with Crippen LogP contribution in [-0.2, 0) is 6.42 Å². The molecule has 0 bridgehead atoms. The molecule has 1 saturated carbocycles. The van der Waals surface area contributed by atoms with Crippen molar-refractivity contribution in [3.05, 3.63) is 39.9 Å². The number of rotatable bonds is 5. The quantitative estimate of drug-likeness (QED) is 0.445. The van der Waals surface area contributed by atoms with E-state index in [2.05, 4.69) is 6.92 Å². The van der Waals surface area contributed by atoms with Crippen LogP contribution in [0, 0.1) is 15.5 Å². The van der Waals surface area contributed by atoms with E-state index in [1.54, 1.807) is 12.1 Å². The standard InChI is InChI=1S/C15H20ClNO2/c1-2-15(9-5-6-10-15)14(16)11-12-7-3-4-8-13(12)17(18)19/h3-4,7-8,14H,2,5-6,9-11H2,1H3. The van der Waals surface area contributed by atoms with Crippen molar-refractivity contribution in [3.63, 3.8) is 0 Å². The summed E-state index contributed by atoms with van der Waals surface area (Å²) in [5.41, 5.74) is 1.12. The van der Waals surface area contributed by atoms with Crippen LogP contribution in [0.3, 0.4) is 0 Å². The Morgan fingerprint density at radius 2 is 2.00 bits per heavy atom. The minimum atomic E-state index is -0.313. The van der Waals surface area contributed by atoms with Gasteiger partial charge in [-0.1, -0.05) is 38.0 Å². The fourth-order valence-electron chi connectivity index (χ4n) is 3.24. The normalized spacial score (nSPS) is 19.3. The van der Waals surface area contributed by atoms with Crippen LogP contribution in [0.5, 0.6) is 0 Å². The van der Waals surface area contributed by atoms with Crippen LogP contribution in [0.2, 0.25) is 0 Å². The van der Waals surface area contributed by atoms with E-state index in [0.717, 1.165) is 24.8 Å². The maximum atomic E-state index is 11.0. The Morgan fingerprint density at radius 3 is 2.58 bits per heavy atom. The molecule has 0 aliphatic heterocycles. The highest BCUT2D eigenvalue weighted by Gasteiger charge is 2.39. The van der Waals surface area contributed by atoms with Crippen molar-refractivity contribution in [1.82, 2.24) is 0 Å². The highest BCUT2D eigenvalue weighted by molar-refractivity contribution is 6.21. The SMILES string of the molecule is CCC1(C(Cl)Cc2ccccc2[N+](=O)[O-])CCCC1. The summed E-state index contributed by atoms with van der Waals surface area (Å²) in [5, 5.41) is 11.0. The Morgan fingerprint density at radius 1 is 1.37 bits per heavy atom. The molecule has 0 N–H and O–H groups in total. The van der Waals surface area contributed by atoms with E-state index in [1.165, 1.54) is 12.8 Å². The van der Waals surface area contributed by atoms with Gasteiger partial charge in [0.2, 0.25) is 0 Å². The molecule has 1 aliphatic rings. The third kappa shape index (κ3) is 2.92. The molecule has 0 saturated heterocycles. The van der Waals surface area contributed by atoms with E-state index in [0.29, 0.717) is 6.42 Å². The second-order valence-electron chi connectivity index (χ2n) is 5.48. The zero-order valence-corrected chi connectivity index (χ0v) is 12.0. The lowest BCUT2D eigenvalue weighted by Gasteiger charge is -2.32. The molecule has 104 valence electrons. The van der Waals surface area contributed by atoms with E-state index in [4.69, 9.17) is 11.6 Å². The Hall–Kier alpha value is -1.09. The fourth-order valence-corrected chi connectivity index (χ4v) is 3.78. The van der Waals surface area contributed by atoms with Gasteiger partial charge in [0.25, 0.3) is 5.69 Å².